The van der Waals surface area contributed by atoms with Crippen molar-refractivity contribution in [2.75, 3.05) is 0 Å². The van der Waals surface area contributed by atoms with Gasteiger partial charge in [0.15, 0.2) is 4.90 Å². The zero-order valence-corrected chi connectivity index (χ0v) is 7.00. The van der Waals surface area contributed by atoms with Crippen LogP contribution < -0.4 is 0 Å². The second-order valence-corrected chi connectivity index (χ2v) is 2.80. The molecule has 1 aromatic rings. The van der Waals surface area contributed by atoms with Gasteiger partial charge in [-0.15, -0.1) is 0 Å². The first-order valence-electron chi connectivity index (χ1n) is 3.08. The summed E-state index contributed by atoms with van der Waals surface area (Å²) in [6, 6.07) is 4.69. The van der Waals surface area contributed by atoms with E-state index in [4.69, 9.17) is 0 Å². The van der Waals surface area contributed by atoms with E-state index >= 15 is 0 Å². The van der Waals surface area contributed by atoms with Crippen molar-refractivity contribution in [1.29, 1.82) is 0 Å². The van der Waals surface area contributed by atoms with E-state index in [1.54, 1.807) is 6.07 Å². The molecule has 11 heavy (non-hydrogen) atoms. The summed E-state index contributed by atoms with van der Waals surface area (Å²) in [5, 5.41) is 10.2. The zero-order valence-electron chi connectivity index (χ0n) is 6.00. The Bertz CT molecular complexity index is 298. The van der Waals surface area contributed by atoms with E-state index in [0.717, 1.165) is 10.5 Å². The van der Waals surface area contributed by atoms with Crippen molar-refractivity contribution in [3.63, 3.8) is 0 Å². The molecule has 0 spiro atoms. The van der Waals surface area contributed by atoms with E-state index in [0.29, 0.717) is 0 Å². The van der Waals surface area contributed by atoms with Crippen molar-refractivity contribution in [2.24, 2.45) is 0 Å². The molecule has 3 nitrogen and oxygen atoms in total. The molecule has 0 N–H and O–H groups in total. The number of non-ortho nitro benzene ring substituents is 1. The number of hydrogen-bond acceptors (Lipinski definition) is 2. The first kappa shape index (κ1) is 8.07. The minimum Gasteiger partial charge on any atom is -0.258 e. The minimum absolute atomic E-state index is 0.112. The van der Waals surface area contributed by atoms with Crippen LogP contribution in [0.2, 0.25) is 0 Å². The predicted octanol–water partition coefficient (Wildman–Crippen LogP) is 1.27. The Kier molecular flexibility index (Phi) is 2.14. The Morgan fingerprint density at radius 2 is 2.18 bits per heavy atom. The van der Waals surface area contributed by atoms with Crippen LogP contribution in [0.25, 0.3) is 0 Å². The van der Waals surface area contributed by atoms with Crippen molar-refractivity contribution >= 4 is 18.3 Å². The van der Waals surface area contributed by atoms with Crippen molar-refractivity contribution in [1.82, 2.24) is 0 Å². The van der Waals surface area contributed by atoms with Crippen LogP contribution in [0, 0.1) is 17.0 Å². The Balaban J connectivity index is 3.15. The van der Waals surface area contributed by atoms with Crippen molar-refractivity contribution in [2.45, 2.75) is 11.8 Å². The van der Waals surface area contributed by atoms with Crippen molar-refractivity contribution in [3.8, 4) is 0 Å². The highest BCUT2D eigenvalue weighted by Crippen LogP contribution is 2.16. The molecule has 0 radical (unpaired) electrons. The summed E-state index contributed by atoms with van der Waals surface area (Å²) in [4.78, 5) is 10.6. The van der Waals surface area contributed by atoms with E-state index in [9.17, 15) is 10.1 Å². The molecule has 0 unspecified atom stereocenters. The SMILES string of the molecule is Cc1ccc([N+](=O)[O-])cc1[SH2+]. The van der Waals surface area contributed by atoms with Crippen LogP contribution >= 0.6 is 0 Å². The van der Waals surface area contributed by atoms with E-state index < -0.39 is 4.92 Å². The summed E-state index contributed by atoms with van der Waals surface area (Å²) in [5.74, 6) is 0. The maximum absolute atomic E-state index is 10.2. The van der Waals surface area contributed by atoms with Gasteiger partial charge in [-0.3, -0.25) is 10.1 Å². The summed E-state index contributed by atoms with van der Waals surface area (Å²) in [7, 11) is 0. The maximum Gasteiger partial charge on any atom is 0.274 e. The van der Waals surface area contributed by atoms with Crippen LogP contribution in [0.3, 0.4) is 0 Å². The highest BCUT2D eigenvalue weighted by Gasteiger charge is 2.08. The zero-order chi connectivity index (χ0) is 8.43. The summed E-state index contributed by atoms with van der Waals surface area (Å²) in [6.45, 7) is 1.88. The average molecular weight is 170 g/mol. The highest BCUT2D eigenvalue weighted by molar-refractivity contribution is 7.58. The third kappa shape index (κ3) is 1.71. The molecule has 0 saturated heterocycles. The largest absolute Gasteiger partial charge is 0.274 e. The lowest BCUT2D eigenvalue weighted by Crippen LogP contribution is -1.89. The molecule has 0 atom stereocenters. The second kappa shape index (κ2) is 2.92. The smallest absolute Gasteiger partial charge is 0.258 e. The molecule has 0 bridgehead atoms. The van der Waals surface area contributed by atoms with Gasteiger partial charge in [-0.2, -0.15) is 0 Å². The highest BCUT2D eigenvalue weighted by atomic mass is 32.1. The Labute approximate surface area is 69.6 Å². The fourth-order valence-corrected chi connectivity index (χ4v) is 0.955. The molecule has 0 heterocycles. The lowest BCUT2D eigenvalue weighted by Gasteiger charge is -1.92. The molecule has 1 rings (SSSR count). The lowest BCUT2D eigenvalue weighted by molar-refractivity contribution is -0.385. The second-order valence-electron chi connectivity index (χ2n) is 2.26. The Morgan fingerprint density at radius 3 is 2.64 bits per heavy atom. The summed E-state index contributed by atoms with van der Waals surface area (Å²) >= 11 is 3.26. The molecule has 0 aliphatic rings. The number of rotatable bonds is 1. The van der Waals surface area contributed by atoms with E-state index in [-0.39, 0.29) is 5.69 Å². The van der Waals surface area contributed by atoms with Crippen LogP contribution in [-0.4, -0.2) is 4.92 Å². The summed E-state index contributed by atoms with van der Waals surface area (Å²) < 4.78 is 0. The third-order valence-corrected chi connectivity index (χ3v) is 1.97. The summed E-state index contributed by atoms with van der Waals surface area (Å²) in [5.41, 5.74) is 1.10. The molecule has 0 aliphatic carbocycles. The van der Waals surface area contributed by atoms with Gasteiger partial charge in [0, 0.05) is 11.6 Å². The quantitative estimate of drug-likeness (QED) is 0.362. The maximum atomic E-state index is 10.2. The number of nitro benzene ring substituents is 1. The lowest BCUT2D eigenvalue weighted by atomic mass is 10.2. The molecule has 58 valence electrons. The van der Waals surface area contributed by atoms with Gasteiger partial charge >= 0.3 is 0 Å². The van der Waals surface area contributed by atoms with Crippen LogP contribution in [0.5, 0.6) is 0 Å². The first-order chi connectivity index (χ1) is 5.11. The molecular formula is C7H8NO2S+. The van der Waals surface area contributed by atoms with Crippen molar-refractivity contribution < 1.29 is 4.92 Å². The van der Waals surface area contributed by atoms with Crippen LogP contribution in [-0.2, 0) is 12.6 Å². The van der Waals surface area contributed by atoms with E-state index in [2.05, 4.69) is 12.6 Å². The molecule has 4 heteroatoms. The molecule has 1 aromatic carbocycles. The van der Waals surface area contributed by atoms with E-state index in [1.165, 1.54) is 12.1 Å². The van der Waals surface area contributed by atoms with Gasteiger partial charge in [0.05, 0.1) is 11.0 Å². The van der Waals surface area contributed by atoms with Gasteiger partial charge in [-0.05, 0) is 25.6 Å². The fraction of sp³-hybridized carbons (Fsp3) is 0.143. The van der Waals surface area contributed by atoms with Gasteiger partial charge in [0.25, 0.3) is 5.69 Å². The summed E-state index contributed by atoms with van der Waals surface area (Å²) in [6.07, 6.45) is 0. The molecule has 0 saturated carbocycles. The molecular weight excluding hydrogens is 162 g/mol. The van der Waals surface area contributed by atoms with Crippen LogP contribution in [0.1, 0.15) is 5.56 Å². The van der Waals surface area contributed by atoms with Gasteiger partial charge in [0.1, 0.15) is 0 Å². The molecule has 0 aliphatic heterocycles. The number of benzene rings is 1. The topological polar surface area (TPSA) is 43.1 Å². The minimum atomic E-state index is -0.414. The standard InChI is InChI=1S/C7H7NO2S/c1-5-2-3-6(8(9)10)4-7(5)11/h2-4,11H,1H3/p+1. The number of nitrogens with zero attached hydrogens (tertiary/aromatic N) is 1. The number of aryl methyl sites for hydroxylation is 1. The first-order valence-corrected chi connectivity index (χ1v) is 3.58. The van der Waals surface area contributed by atoms with Crippen molar-refractivity contribution in [3.05, 3.63) is 33.9 Å². The molecule has 0 fully saturated rings. The Hall–Kier alpha value is -1.03. The number of hydrogen-bond donors (Lipinski definition) is 0. The third-order valence-electron chi connectivity index (χ3n) is 1.43. The van der Waals surface area contributed by atoms with Gasteiger partial charge in [-0.25, -0.2) is 0 Å². The van der Waals surface area contributed by atoms with E-state index in [1.807, 2.05) is 6.92 Å². The number of nitro groups is 1. The predicted molar refractivity (Wildman–Crippen MR) is 46.3 cm³/mol. The normalized spacial score (nSPS) is 9.64. The van der Waals surface area contributed by atoms with Gasteiger partial charge in [0.2, 0.25) is 0 Å². The van der Waals surface area contributed by atoms with Crippen LogP contribution in [0.4, 0.5) is 5.69 Å². The van der Waals surface area contributed by atoms with Gasteiger partial charge < -0.3 is 0 Å². The van der Waals surface area contributed by atoms with Crippen LogP contribution in [0.15, 0.2) is 23.1 Å². The molecule has 0 aromatic heterocycles. The Morgan fingerprint density at radius 1 is 1.55 bits per heavy atom. The fourth-order valence-electron chi connectivity index (χ4n) is 0.724. The molecule has 0 amide bonds. The average Bonchev–Trinajstić information content (AvgIpc) is 1.94. The van der Waals surface area contributed by atoms with Gasteiger partial charge in [-0.1, -0.05) is 0 Å². The monoisotopic (exact) mass is 170 g/mol.